The van der Waals surface area contributed by atoms with Gasteiger partial charge in [-0.25, -0.2) is 4.98 Å². The molecule has 2 aromatic carbocycles. The molecule has 1 aromatic heterocycles. The Morgan fingerprint density at radius 1 is 1.22 bits per heavy atom. The van der Waals surface area contributed by atoms with E-state index in [1.54, 1.807) is 6.92 Å². The van der Waals surface area contributed by atoms with E-state index in [1.807, 2.05) is 36.1 Å². The van der Waals surface area contributed by atoms with Crippen molar-refractivity contribution < 1.29 is 36.6 Å². The van der Waals surface area contributed by atoms with Crippen LogP contribution in [0.4, 0.5) is 13.2 Å². The number of rotatable bonds is 7. The third-order valence-corrected chi connectivity index (χ3v) is 5.99. The molecule has 3 aromatic rings. The molecule has 36 heavy (non-hydrogen) atoms. The summed E-state index contributed by atoms with van der Waals surface area (Å²) >= 11 is 0. The molecule has 0 spiro atoms. The molecule has 1 unspecified atom stereocenters. The first-order valence-corrected chi connectivity index (χ1v) is 11.5. The number of esters is 1. The summed E-state index contributed by atoms with van der Waals surface area (Å²) in [5, 5.41) is 0. The van der Waals surface area contributed by atoms with Crippen LogP contribution < -0.4 is 4.74 Å². The number of hydrogen-bond donors (Lipinski definition) is 0. The SMILES string of the molecule is COC(=O)[C@@H]1COCCN1Cc1cccc(OC(C)c2nc(-c3ccc(C(F)(F)F)cc3)oc2C)c1. The lowest BCUT2D eigenvalue weighted by Gasteiger charge is -2.33. The minimum atomic E-state index is -4.41. The van der Waals surface area contributed by atoms with E-state index in [9.17, 15) is 18.0 Å². The van der Waals surface area contributed by atoms with Crippen molar-refractivity contribution in [1.82, 2.24) is 9.88 Å². The molecule has 0 amide bonds. The minimum absolute atomic E-state index is 0.224. The van der Waals surface area contributed by atoms with Crippen molar-refractivity contribution in [2.75, 3.05) is 26.9 Å². The summed E-state index contributed by atoms with van der Waals surface area (Å²) in [4.78, 5) is 18.6. The van der Waals surface area contributed by atoms with E-state index in [-0.39, 0.29) is 18.5 Å². The predicted octanol–water partition coefficient (Wildman–Crippen LogP) is 5.18. The molecule has 1 saturated heterocycles. The first kappa shape index (κ1) is 25.7. The van der Waals surface area contributed by atoms with Gasteiger partial charge in [0.05, 0.1) is 25.9 Å². The van der Waals surface area contributed by atoms with Crippen LogP contribution in [0, 0.1) is 6.92 Å². The third-order valence-electron chi connectivity index (χ3n) is 5.99. The van der Waals surface area contributed by atoms with E-state index in [4.69, 9.17) is 18.6 Å². The Bertz CT molecular complexity index is 1190. The number of alkyl halides is 3. The number of nitrogens with zero attached hydrogens (tertiary/aromatic N) is 2. The van der Waals surface area contributed by atoms with Crippen molar-refractivity contribution in [2.45, 2.75) is 38.7 Å². The Hall–Kier alpha value is -3.37. The Morgan fingerprint density at radius 2 is 1.97 bits per heavy atom. The zero-order valence-electron chi connectivity index (χ0n) is 20.2. The van der Waals surface area contributed by atoms with Gasteiger partial charge >= 0.3 is 12.1 Å². The van der Waals surface area contributed by atoms with E-state index in [2.05, 4.69) is 4.98 Å². The van der Waals surface area contributed by atoms with Crippen LogP contribution in [0.15, 0.2) is 52.9 Å². The fourth-order valence-corrected chi connectivity index (χ4v) is 4.10. The van der Waals surface area contributed by atoms with E-state index in [0.29, 0.717) is 42.5 Å². The maximum Gasteiger partial charge on any atom is 0.416 e. The Kier molecular flexibility index (Phi) is 7.65. The number of carbonyl (C=O) groups is 1. The molecule has 0 radical (unpaired) electrons. The number of aromatic nitrogens is 1. The van der Waals surface area contributed by atoms with Crippen LogP contribution in [0.1, 0.15) is 35.6 Å². The number of carbonyl (C=O) groups excluding carboxylic acids is 1. The molecule has 0 aliphatic carbocycles. The second-order valence-corrected chi connectivity index (χ2v) is 8.53. The highest BCUT2D eigenvalue weighted by Crippen LogP contribution is 2.32. The maximum absolute atomic E-state index is 12.8. The Morgan fingerprint density at radius 3 is 2.67 bits per heavy atom. The van der Waals surface area contributed by atoms with Gasteiger partial charge in [0.25, 0.3) is 0 Å². The summed E-state index contributed by atoms with van der Waals surface area (Å²) < 4.78 is 60.7. The second kappa shape index (κ2) is 10.7. The summed E-state index contributed by atoms with van der Waals surface area (Å²) in [6.07, 6.45) is -4.88. The van der Waals surface area contributed by atoms with Crippen LogP contribution >= 0.6 is 0 Å². The number of methoxy groups -OCH3 is 1. The molecule has 10 heteroatoms. The van der Waals surface area contributed by atoms with Crippen LogP contribution in [0.3, 0.4) is 0 Å². The molecule has 7 nitrogen and oxygen atoms in total. The van der Waals surface area contributed by atoms with Gasteiger partial charge in [-0.15, -0.1) is 0 Å². The van der Waals surface area contributed by atoms with Crippen LogP contribution in [0.5, 0.6) is 5.75 Å². The fourth-order valence-electron chi connectivity index (χ4n) is 4.10. The molecule has 4 rings (SSSR count). The first-order chi connectivity index (χ1) is 17.2. The standard InChI is InChI=1S/C26H27F3N2O5/c1-16(23-17(2)36-24(30-23)19-7-9-20(10-8-19)26(27,28)29)35-21-6-4-5-18(13-21)14-31-11-12-34-15-22(31)25(32)33-3/h4-10,13,16,22H,11-12,14-15H2,1-3H3/t16?,22-/m0/s1. The zero-order valence-corrected chi connectivity index (χ0v) is 20.2. The van der Waals surface area contributed by atoms with Crippen molar-refractivity contribution in [3.8, 4) is 17.2 Å². The van der Waals surface area contributed by atoms with Gasteiger partial charge in [-0.05, 0) is 55.8 Å². The van der Waals surface area contributed by atoms with E-state index in [0.717, 1.165) is 17.7 Å². The van der Waals surface area contributed by atoms with Crippen molar-refractivity contribution in [2.24, 2.45) is 0 Å². The van der Waals surface area contributed by atoms with Gasteiger partial charge in [-0.2, -0.15) is 13.2 Å². The number of hydrogen-bond acceptors (Lipinski definition) is 7. The smallest absolute Gasteiger partial charge is 0.416 e. The first-order valence-electron chi connectivity index (χ1n) is 11.5. The molecule has 192 valence electrons. The molecule has 1 fully saturated rings. The van der Waals surface area contributed by atoms with E-state index >= 15 is 0 Å². The topological polar surface area (TPSA) is 74.0 Å². The predicted molar refractivity (Wildman–Crippen MR) is 124 cm³/mol. The zero-order chi connectivity index (χ0) is 25.9. The largest absolute Gasteiger partial charge is 0.484 e. The number of aryl methyl sites for hydroxylation is 1. The Labute approximate surface area is 206 Å². The van der Waals surface area contributed by atoms with Gasteiger partial charge < -0.3 is 18.6 Å². The van der Waals surface area contributed by atoms with Crippen molar-refractivity contribution in [1.29, 1.82) is 0 Å². The normalized spacial score (nSPS) is 17.6. The quantitative estimate of drug-likeness (QED) is 0.411. The monoisotopic (exact) mass is 504 g/mol. The summed E-state index contributed by atoms with van der Waals surface area (Å²) in [5.41, 5.74) is 1.21. The van der Waals surface area contributed by atoms with Gasteiger partial charge in [-0.3, -0.25) is 9.69 Å². The lowest BCUT2D eigenvalue weighted by atomic mass is 10.1. The highest BCUT2D eigenvalue weighted by atomic mass is 19.4. The average molecular weight is 505 g/mol. The minimum Gasteiger partial charge on any atom is -0.484 e. The molecule has 2 atom stereocenters. The number of benzene rings is 2. The Balaban J connectivity index is 1.46. The molecule has 1 aliphatic rings. The van der Waals surface area contributed by atoms with E-state index in [1.165, 1.54) is 19.2 Å². The highest BCUT2D eigenvalue weighted by Gasteiger charge is 2.31. The molecular weight excluding hydrogens is 477 g/mol. The van der Waals surface area contributed by atoms with Gasteiger partial charge in [-0.1, -0.05) is 12.1 Å². The van der Waals surface area contributed by atoms with Gasteiger partial charge in [0, 0.05) is 18.7 Å². The van der Waals surface area contributed by atoms with Gasteiger partial charge in [0.2, 0.25) is 5.89 Å². The van der Waals surface area contributed by atoms with Crippen LogP contribution in [-0.4, -0.2) is 48.8 Å². The number of ether oxygens (including phenoxy) is 3. The van der Waals surface area contributed by atoms with Crippen molar-refractivity contribution >= 4 is 5.97 Å². The number of morpholine rings is 1. The van der Waals surface area contributed by atoms with Crippen molar-refractivity contribution in [3.05, 3.63) is 71.1 Å². The molecule has 2 heterocycles. The highest BCUT2D eigenvalue weighted by molar-refractivity contribution is 5.76. The molecule has 0 bridgehead atoms. The summed E-state index contributed by atoms with van der Waals surface area (Å²) in [5.74, 6) is 1.02. The van der Waals surface area contributed by atoms with Gasteiger partial charge in [0.15, 0.2) is 0 Å². The summed E-state index contributed by atoms with van der Waals surface area (Å²) in [7, 11) is 1.36. The second-order valence-electron chi connectivity index (χ2n) is 8.53. The molecule has 1 aliphatic heterocycles. The van der Waals surface area contributed by atoms with Crippen molar-refractivity contribution in [3.63, 3.8) is 0 Å². The number of oxazole rings is 1. The lowest BCUT2D eigenvalue weighted by molar-refractivity contribution is -0.153. The van der Waals surface area contributed by atoms with E-state index < -0.39 is 23.9 Å². The third kappa shape index (κ3) is 5.88. The summed E-state index contributed by atoms with van der Waals surface area (Å²) in [6.45, 7) is 5.50. The molecule has 0 N–H and O–H groups in total. The van der Waals surface area contributed by atoms with Gasteiger partial charge in [0.1, 0.15) is 29.3 Å². The molecular formula is C26H27F3N2O5. The fraction of sp³-hybridized carbons (Fsp3) is 0.385. The van der Waals surface area contributed by atoms with Crippen LogP contribution in [-0.2, 0) is 27.0 Å². The number of halogens is 3. The lowest BCUT2D eigenvalue weighted by Crippen LogP contribution is -2.49. The van der Waals surface area contributed by atoms with Crippen LogP contribution in [0.25, 0.3) is 11.5 Å². The average Bonchev–Trinajstić information content (AvgIpc) is 3.25. The molecule has 0 saturated carbocycles. The summed E-state index contributed by atoms with van der Waals surface area (Å²) in [6, 6.07) is 11.7. The van der Waals surface area contributed by atoms with Crippen LogP contribution in [0.2, 0.25) is 0 Å². The maximum atomic E-state index is 12.8.